The molecular formula is C15H13BrF3NO. The van der Waals surface area contributed by atoms with Gasteiger partial charge in [-0.2, -0.15) is 13.2 Å². The number of hydrogen-bond donors (Lipinski definition) is 1. The van der Waals surface area contributed by atoms with E-state index in [1.165, 1.54) is 6.07 Å². The van der Waals surface area contributed by atoms with Gasteiger partial charge in [-0.25, -0.2) is 0 Å². The van der Waals surface area contributed by atoms with Gasteiger partial charge in [0.25, 0.3) is 0 Å². The summed E-state index contributed by atoms with van der Waals surface area (Å²) in [5.74, 6) is 0.185. The molecule has 0 bridgehead atoms. The van der Waals surface area contributed by atoms with Crippen LogP contribution in [0.25, 0.3) is 0 Å². The van der Waals surface area contributed by atoms with Crippen molar-refractivity contribution >= 4 is 21.6 Å². The number of nitrogens with one attached hydrogen (secondary N) is 1. The van der Waals surface area contributed by atoms with Gasteiger partial charge in [0.1, 0.15) is 5.75 Å². The Labute approximate surface area is 129 Å². The zero-order valence-electron chi connectivity index (χ0n) is 11.0. The van der Waals surface area contributed by atoms with Crippen LogP contribution >= 0.6 is 15.9 Å². The van der Waals surface area contributed by atoms with Crippen LogP contribution in [0.5, 0.6) is 5.75 Å². The predicted molar refractivity (Wildman–Crippen MR) is 79.5 cm³/mol. The van der Waals surface area contributed by atoms with Crippen molar-refractivity contribution in [3.05, 3.63) is 58.6 Å². The average molecular weight is 360 g/mol. The molecule has 0 fully saturated rings. The van der Waals surface area contributed by atoms with Gasteiger partial charge in [-0.05, 0) is 29.8 Å². The quantitative estimate of drug-likeness (QED) is 0.810. The van der Waals surface area contributed by atoms with E-state index >= 15 is 0 Å². The number of alkyl halides is 3. The SMILES string of the molecule is FC(F)(F)COc1ccccc1NCc1cccc(Br)c1. The van der Waals surface area contributed by atoms with Gasteiger partial charge in [0, 0.05) is 11.0 Å². The second kappa shape index (κ2) is 6.85. The average Bonchev–Trinajstić information content (AvgIpc) is 2.43. The molecule has 0 saturated carbocycles. The van der Waals surface area contributed by atoms with Crippen LogP contribution in [0.15, 0.2) is 53.0 Å². The van der Waals surface area contributed by atoms with E-state index in [4.69, 9.17) is 4.74 Å². The first-order valence-electron chi connectivity index (χ1n) is 6.21. The number of halogens is 4. The molecule has 0 heterocycles. The number of benzene rings is 2. The molecule has 1 N–H and O–H groups in total. The molecule has 2 aromatic carbocycles. The lowest BCUT2D eigenvalue weighted by Crippen LogP contribution is -2.19. The van der Waals surface area contributed by atoms with Crippen molar-refractivity contribution in [2.24, 2.45) is 0 Å². The summed E-state index contributed by atoms with van der Waals surface area (Å²) in [5, 5.41) is 3.08. The molecule has 6 heteroatoms. The van der Waals surface area contributed by atoms with Gasteiger partial charge in [-0.15, -0.1) is 0 Å². The zero-order valence-corrected chi connectivity index (χ0v) is 12.5. The first-order chi connectivity index (χ1) is 9.94. The zero-order chi connectivity index (χ0) is 15.3. The monoisotopic (exact) mass is 359 g/mol. The fraction of sp³-hybridized carbons (Fsp3) is 0.200. The van der Waals surface area contributed by atoms with E-state index in [1.54, 1.807) is 18.2 Å². The van der Waals surface area contributed by atoms with E-state index in [1.807, 2.05) is 24.3 Å². The number of hydrogen-bond acceptors (Lipinski definition) is 2. The van der Waals surface area contributed by atoms with Crippen LogP contribution in [0.4, 0.5) is 18.9 Å². The van der Waals surface area contributed by atoms with Gasteiger partial charge in [0.05, 0.1) is 5.69 Å². The molecule has 0 unspecified atom stereocenters. The van der Waals surface area contributed by atoms with Crippen LogP contribution in [0, 0.1) is 0 Å². The van der Waals surface area contributed by atoms with Crippen LogP contribution in [0.2, 0.25) is 0 Å². The van der Waals surface area contributed by atoms with Crippen molar-refractivity contribution in [2.75, 3.05) is 11.9 Å². The molecule has 0 amide bonds. The summed E-state index contributed by atoms with van der Waals surface area (Å²) in [4.78, 5) is 0. The highest BCUT2D eigenvalue weighted by molar-refractivity contribution is 9.10. The molecule has 2 rings (SSSR count). The van der Waals surface area contributed by atoms with Crippen molar-refractivity contribution < 1.29 is 17.9 Å². The van der Waals surface area contributed by atoms with Crippen molar-refractivity contribution in [1.82, 2.24) is 0 Å². The van der Waals surface area contributed by atoms with Gasteiger partial charge in [-0.3, -0.25) is 0 Å². The third-order valence-corrected chi connectivity index (χ3v) is 3.14. The fourth-order valence-electron chi connectivity index (χ4n) is 1.74. The van der Waals surface area contributed by atoms with E-state index in [9.17, 15) is 13.2 Å². The second-order valence-corrected chi connectivity index (χ2v) is 5.30. The van der Waals surface area contributed by atoms with Gasteiger partial charge in [0.15, 0.2) is 6.61 Å². The van der Waals surface area contributed by atoms with E-state index < -0.39 is 12.8 Å². The summed E-state index contributed by atoms with van der Waals surface area (Å²) >= 11 is 3.37. The number of rotatable bonds is 5. The van der Waals surface area contributed by atoms with Gasteiger partial charge >= 0.3 is 6.18 Å². The van der Waals surface area contributed by atoms with Crippen LogP contribution in [-0.2, 0) is 6.54 Å². The van der Waals surface area contributed by atoms with Crippen molar-refractivity contribution in [1.29, 1.82) is 0 Å². The molecule has 0 radical (unpaired) electrons. The van der Waals surface area contributed by atoms with Crippen LogP contribution in [0.1, 0.15) is 5.56 Å². The molecule has 0 aliphatic rings. The third-order valence-electron chi connectivity index (χ3n) is 2.65. The smallest absolute Gasteiger partial charge is 0.422 e. The van der Waals surface area contributed by atoms with Crippen LogP contribution in [0.3, 0.4) is 0 Å². The lowest BCUT2D eigenvalue weighted by Gasteiger charge is -2.14. The summed E-state index contributed by atoms with van der Waals surface area (Å²) in [6, 6.07) is 14.2. The summed E-state index contributed by atoms with van der Waals surface area (Å²) in [6.45, 7) is -0.811. The Bertz CT molecular complexity index is 601. The molecule has 112 valence electrons. The van der Waals surface area contributed by atoms with Gasteiger partial charge in [0.2, 0.25) is 0 Å². The molecule has 0 atom stereocenters. The molecule has 0 aromatic heterocycles. The highest BCUT2D eigenvalue weighted by Crippen LogP contribution is 2.27. The number of ether oxygens (including phenoxy) is 1. The topological polar surface area (TPSA) is 21.3 Å². The van der Waals surface area contributed by atoms with Gasteiger partial charge in [-0.1, -0.05) is 40.2 Å². The maximum atomic E-state index is 12.2. The van der Waals surface area contributed by atoms with E-state index in [-0.39, 0.29) is 5.75 Å². The standard InChI is InChI=1S/C15H13BrF3NO/c16-12-5-3-4-11(8-12)9-20-13-6-1-2-7-14(13)21-10-15(17,18)19/h1-8,20H,9-10H2. The molecule has 0 aliphatic carbocycles. The van der Waals surface area contributed by atoms with Gasteiger partial charge < -0.3 is 10.1 Å². The lowest BCUT2D eigenvalue weighted by atomic mass is 10.2. The van der Waals surface area contributed by atoms with Crippen molar-refractivity contribution in [3.8, 4) is 5.75 Å². The largest absolute Gasteiger partial charge is 0.482 e. The Balaban J connectivity index is 2.03. The Hall–Kier alpha value is -1.69. The maximum absolute atomic E-state index is 12.2. The molecular weight excluding hydrogens is 347 g/mol. The number of anilines is 1. The minimum atomic E-state index is -4.35. The molecule has 0 spiro atoms. The lowest BCUT2D eigenvalue weighted by molar-refractivity contribution is -0.153. The highest BCUT2D eigenvalue weighted by Gasteiger charge is 2.28. The first kappa shape index (κ1) is 15.7. The normalized spacial score (nSPS) is 11.2. The molecule has 21 heavy (non-hydrogen) atoms. The molecule has 2 aromatic rings. The second-order valence-electron chi connectivity index (χ2n) is 4.38. The van der Waals surface area contributed by atoms with Crippen LogP contribution in [-0.4, -0.2) is 12.8 Å². The Morgan fingerprint density at radius 1 is 1.05 bits per heavy atom. The Morgan fingerprint density at radius 3 is 2.52 bits per heavy atom. The van der Waals surface area contributed by atoms with E-state index in [2.05, 4.69) is 21.2 Å². The summed E-state index contributed by atoms with van der Waals surface area (Å²) in [6.07, 6.45) is -4.35. The highest BCUT2D eigenvalue weighted by atomic mass is 79.9. The van der Waals surface area contributed by atoms with E-state index in [0.29, 0.717) is 12.2 Å². The fourth-order valence-corrected chi connectivity index (χ4v) is 2.19. The number of para-hydroxylation sites is 2. The first-order valence-corrected chi connectivity index (χ1v) is 7.00. The molecule has 2 nitrogen and oxygen atoms in total. The Morgan fingerprint density at radius 2 is 1.81 bits per heavy atom. The summed E-state index contributed by atoms with van der Waals surface area (Å²) in [7, 11) is 0. The van der Waals surface area contributed by atoms with E-state index in [0.717, 1.165) is 10.0 Å². The van der Waals surface area contributed by atoms with Crippen molar-refractivity contribution in [3.63, 3.8) is 0 Å². The van der Waals surface area contributed by atoms with Crippen LogP contribution < -0.4 is 10.1 Å². The predicted octanol–water partition coefficient (Wildman–Crippen LogP) is 5.00. The molecule has 0 saturated heterocycles. The Kier molecular flexibility index (Phi) is 5.12. The minimum absolute atomic E-state index is 0.185. The molecule has 0 aliphatic heterocycles. The third kappa shape index (κ3) is 5.30. The summed E-state index contributed by atoms with van der Waals surface area (Å²) in [5.41, 5.74) is 1.54. The maximum Gasteiger partial charge on any atom is 0.422 e. The summed E-state index contributed by atoms with van der Waals surface area (Å²) < 4.78 is 42.4. The van der Waals surface area contributed by atoms with Crippen molar-refractivity contribution in [2.45, 2.75) is 12.7 Å². The minimum Gasteiger partial charge on any atom is -0.482 e.